The fourth-order valence-corrected chi connectivity index (χ4v) is 3.40. The minimum atomic E-state index is -0.127. The fraction of sp³-hybridized carbons (Fsp3) is 0.182. The molecule has 0 aliphatic carbocycles. The monoisotopic (exact) mass is 393 g/mol. The summed E-state index contributed by atoms with van der Waals surface area (Å²) in [6.45, 7) is 2.61. The second-order valence-corrected chi connectivity index (χ2v) is 6.96. The number of rotatable bonds is 6. The molecule has 142 valence electrons. The van der Waals surface area contributed by atoms with Crippen LogP contribution >= 0.6 is 11.6 Å². The Morgan fingerprint density at radius 3 is 2.61 bits per heavy atom. The third-order valence-electron chi connectivity index (χ3n) is 4.71. The minimum absolute atomic E-state index is 0.0961. The number of nitrogens with zero attached hydrogens (tertiary/aromatic N) is 2. The van der Waals surface area contributed by atoms with Crippen molar-refractivity contribution >= 4 is 22.5 Å². The van der Waals surface area contributed by atoms with E-state index in [0.29, 0.717) is 28.3 Å². The highest BCUT2D eigenvalue weighted by Crippen LogP contribution is 2.22. The third-order valence-corrected chi connectivity index (χ3v) is 4.96. The summed E-state index contributed by atoms with van der Waals surface area (Å²) in [4.78, 5) is 18.2. The van der Waals surface area contributed by atoms with Crippen LogP contribution in [0.15, 0.2) is 76.1 Å². The van der Waals surface area contributed by atoms with Crippen molar-refractivity contribution in [2.45, 2.75) is 25.9 Å². The molecule has 0 saturated heterocycles. The number of benzene rings is 2. The third kappa shape index (κ3) is 3.59. The average molecular weight is 394 g/mol. The van der Waals surface area contributed by atoms with E-state index in [1.54, 1.807) is 29.0 Å². The first-order valence-corrected chi connectivity index (χ1v) is 9.58. The number of nitrogens with one attached hydrogen (secondary N) is 1. The van der Waals surface area contributed by atoms with Gasteiger partial charge in [-0.05, 0) is 55.0 Å². The van der Waals surface area contributed by atoms with Gasteiger partial charge in [-0.3, -0.25) is 9.36 Å². The number of halogens is 1. The van der Waals surface area contributed by atoms with Crippen molar-refractivity contribution in [2.75, 3.05) is 0 Å². The van der Waals surface area contributed by atoms with Crippen LogP contribution < -0.4 is 10.9 Å². The molecule has 1 atom stereocenters. The van der Waals surface area contributed by atoms with Crippen LogP contribution in [-0.4, -0.2) is 9.55 Å². The Labute approximate surface area is 167 Å². The van der Waals surface area contributed by atoms with Gasteiger partial charge in [0.05, 0.1) is 35.4 Å². The lowest BCUT2D eigenvalue weighted by molar-refractivity contribution is 0.428. The Hall–Kier alpha value is -2.89. The van der Waals surface area contributed by atoms with Gasteiger partial charge in [-0.25, -0.2) is 4.98 Å². The lowest BCUT2D eigenvalue weighted by Crippen LogP contribution is -2.31. The van der Waals surface area contributed by atoms with E-state index in [4.69, 9.17) is 21.0 Å². The van der Waals surface area contributed by atoms with Gasteiger partial charge in [-0.15, -0.1) is 0 Å². The highest BCUT2D eigenvalue weighted by atomic mass is 35.5. The molecular weight excluding hydrogens is 374 g/mol. The van der Waals surface area contributed by atoms with E-state index < -0.39 is 0 Å². The van der Waals surface area contributed by atoms with Crippen molar-refractivity contribution in [2.24, 2.45) is 0 Å². The lowest BCUT2D eigenvalue weighted by Gasteiger charge is -2.21. The van der Waals surface area contributed by atoms with Crippen LogP contribution in [0.2, 0.25) is 5.02 Å². The first kappa shape index (κ1) is 18.5. The summed E-state index contributed by atoms with van der Waals surface area (Å²) in [7, 11) is 0. The SMILES string of the molecule is CC[C@@H](NCc1ccco1)c1nc2ccccc2c(=O)n1-c1ccc(Cl)cc1. The molecule has 0 unspecified atom stereocenters. The normalized spacial score (nSPS) is 12.4. The molecule has 0 amide bonds. The van der Waals surface area contributed by atoms with Crippen molar-refractivity contribution in [3.8, 4) is 5.69 Å². The number of hydrogen-bond acceptors (Lipinski definition) is 4. The molecule has 0 radical (unpaired) electrons. The van der Waals surface area contributed by atoms with E-state index in [-0.39, 0.29) is 11.6 Å². The highest BCUT2D eigenvalue weighted by molar-refractivity contribution is 6.30. The van der Waals surface area contributed by atoms with Gasteiger partial charge in [0.15, 0.2) is 0 Å². The summed E-state index contributed by atoms with van der Waals surface area (Å²) in [5.74, 6) is 1.50. The van der Waals surface area contributed by atoms with Crippen molar-refractivity contribution < 1.29 is 4.42 Å². The zero-order valence-electron chi connectivity index (χ0n) is 15.4. The molecule has 4 aromatic rings. The van der Waals surface area contributed by atoms with Crippen molar-refractivity contribution in [3.63, 3.8) is 0 Å². The number of fused-ring (bicyclic) bond motifs is 1. The Balaban J connectivity index is 1.85. The van der Waals surface area contributed by atoms with Crippen LogP contribution in [0.3, 0.4) is 0 Å². The van der Waals surface area contributed by atoms with Crippen LogP contribution in [0.4, 0.5) is 0 Å². The quantitative estimate of drug-likeness (QED) is 0.507. The van der Waals surface area contributed by atoms with Gasteiger partial charge in [0.1, 0.15) is 11.6 Å². The van der Waals surface area contributed by atoms with E-state index in [2.05, 4.69) is 12.2 Å². The standard InChI is InChI=1S/C22H20ClN3O2/c1-2-19(24-14-17-6-5-13-28-17)21-25-20-8-4-3-7-18(20)22(27)26(21)16-11-9-15(23)10-12-16/h3-13,19,24H,2,14H2,1H3/t19-/m1/s1. The summed E-state index contributed by atoms with van der Waals surface area (Å²) in [5, 5.41) is 4.67. The van der Waals surface area contributed by atoms with Crippen LogP contribution in [0.25, 0.3) is 16.6 Å². The minimum Gasteiger partial charge on any atom is -0.468 e. The van der Waals surface area contributed by atoms with Crippen LogP contribution in [0, 0.1) is 0 Å². The smallest absolute Gasteiger partial charge is 0.266 e. The maximum Gasteiger partial charge on any atom is 0.266 e. The molecule has 1 N–H and O–H groups in total. The van der Waals surface area contributed by atoms with Gasteiger partial charge in [0.25, 0.3) is 5.56 Å². The summed E-state index contributed by atoms with van der Waals surface area (Å²) in [6, 6.07) is 18.3. The second kappa shape index (κ2) is 8.00. The van der Waals surface area contributed by atoms with Crippen molar-refractivity contribution in [1.29, 1.82) is 0 Å². The van der Waals surface area contributed by atoms with E-state index in [1.807, 2.05) is 42.5 Å². The molecule has 0 aliphatic heterocycles. The maximum absolute atomic E-state index is 13.3. The van der Waals surface area contributed by atoms with E-state index >= 15 is 0 Å². The topological polar surface area (TPSA) is 60.1 Å². The summed E-state index contributed by atoms with van der Waals surface area (Å²) in [6.07, 6.45) is 2.41. The van der Waals surface area contributed by atoms with Gasteiger partial charge in [-0.2, -0.15) is 0 Å². The zero-order chi connectivity index (χ0) is 19.5. The molecule has 0 bridgehead atoms. The van der Waals surface area contributed by atoms with E-state index in [0.717, 1.165) is 17.9 Å². The first-order chi connectivity index (χ1) is 13.7. The number of furan rings is 1. The average Bonchev–Trinajstić information content (AvgIpc) is 3.23. The maximum atomic E-state index is 13.3. The van der Waals surface area contributed by atoms with Gasteiger partial charge in [0.2, 0.25) is 0 Å². The number of aromatic nitrogens is 2. The largest absolute Gasteiger partial charge is 0.468 e. The summed E-state index contributed by atoms with van der Waals surface area (Å²) >= 11 is 6.04. The lowest BCUT2D eigenvalue weighted by atomic mass is 10.1. The fourth-order valence-electron chi connectivity index (χ4n) is 3.28. The second-order valence-electron chi connectivity index (χ2n) is 6.53. The molecule has 6 heteroatoms. The molecule has 0 saturated carbocycles. The Bertz CT molecular complexity index is 1130. The number of para-hydroxylation sites is 1. The molecule has 0 spiro atoms. The molecule has 2 aromatic carbocycles. The molecular formula is C22H20ClN3O2. The van der Waals surface area contributed by atoms with Gasteiger partial charge in [0, 0.05) is 5.02 Å². The van der Waals surface area contributed by atoms with Crippen LogP contribution in [0.1, 0.15) is 31.0 Å². The van der Waals surface area contributed by atoms with Gasteiger partial charge < -0.3 is 9.73 Å². The Morgan fingerprint density at radius 2 is 1.89 bits per heavy atom. The van der Waals surface area contributed by atoms with Crippen LogP contribution in [-0.2, 0) is 6.54 Å². The molecule has 28 heavy (non-hydrogen) atoms. The Morgan fingerprint density at radius 1 is 1.11 bits per heavy atom. The molecule has 2 aromatic heterocycles. The predicted octanol–water partition coefficient (Wildman–Crippen LogP) is 4.87. The zero-order valence-corrected chi connectivity index (χ0v) is 16.2. The molecule has 0 fully saturated rings. The first-order valence-electron chi connectivity index (χ1n) is 9.20. The predicted molar refractivity (Wildman–Crippen MR) is 111 cm³/mol. The molecule has 2 heterocycles. The molecule has 5 nitrogen and oxygen atoms in total. The number of hydrogen-bond donors (Lipinski definition) is 1. The summed E-state index contributed by atoms with van der Waals surface area (Å²) < 4.78 is 7.09. The van der Waals surface area contributed by atoms with Crippen LogP contribution in [0.5, 0.6) is 0 Å². The van der Waals surface area contributed by atoms with E-state index in [9.17, 15) is 4.79 Å². The van der Waals surface area contributed by atoms with Gasteiger partial charge in [-0.1, -0.05) is 30.7 Å². The van der Waals surface area contributed by atoms with Gasteiger partial charge >= 0.3 is 0 Å². The molecule has 4 rings (SSSR count). The van der Waals surface area contributed by atoms with Crippen molar-refractivity contribution in [3.05, 3.63) is 93.9 Å². The molecule has 0 aliphatic rings. The Kier molecular flexibility index (Phi) is 5.28. The highest BCUT2D eigenvalue weighted by Gasteiger charge is 2.20. The summed E-state index contributed by atoms with van der Waals surface area (Å²) in [5.41, 5.74) is 1.33. The van der Waals surface area contributed by atoms with Crippen molar-refractivity contribution in [1.82, 2.24) is 14.9 Å². The van der Waals surface area contributed by atoms with E-state index in [1.165, 1.54) is 0 Å².